The maximum absolute atomic E-state index is 12.6. The van der Waals surface area contributed by atoms with Crippen LogP contribution in [0.5, 0.6) is 11.5 Å². The quantitative estimate of drug-likeness (QED) is 0.759. The van der Waals surface area contributed by atoms with E-state index < -0.39 is 0 Å². The summed E-state index contributed by atoms with van der Waals surface area (Å²) in [5, 5.41) is 1.93. The topological polar surface area (TPSA) is 35.5 Å². The molecule has 1 aromatic carbocycles. The molecule has 5 heteroatoms. The van der Waals surface area contributed by atoms with Crippen molar-refractivity contribution in [3.63, 3.8) is 0 Å². The van der Waals surface area contributed by atoms with Gasteiger partial charge in [-0.1, -0.05) is 0 Å². The van der Waals surface area contributed by atoms with Crippen LogP contribution in [0, 0.1) is 6.92 Å². The average Bonchev–Trinajstić information content (AvgIpc) is 2.72. The molecular weight excluding hydrogens is 340 g/mol. The fourth-order valence-corrected chi connectivity index (χ4v) is 3.47. The van der Waals surface area contributed by atoms with Gasteiger partial charge < -0.3 is 9.47 Å². The number of hydrogen-bond donors (Lipinski definition) is 0. The van der Waals surface area contributed by atoms with Crippen molar-refractivity contribution in [1.82, 2.24) is 0 Å². The molecule has 1 aliphatic heterocycles. The third kappa shape index (κ3) is 2.47. The Morgan fingerprint density at radius 3 is 2.60 bits per heavy atom. The minimum Gasteiger partial charge on any atom is -0.490 e. The Kier molecular flexibility index (Phi) is 3.81. The number of thiophene rings is 1. The molecular formula is C15H13BrO3S. The molecule has 0 unspecified atom stereocenters. The first-order chi connectivity index (χ1) is 9.66. The average molecular weight is 353 g/mol. The predicted molar refractivity (Wildman–Crippen MR) is 82.2 cm³/mol. The van der Waals surface area contributed by atoms with Gasteiger partial charge in [0.05, 0.1) is 18.1 Å². The standard InChI is InChI=1S/C15H13BrO3S/c1-9-3-6-20-15(9)14(17)10-7-12-13(8-11(10)16)19-5-2-4-18-12/h3,6-8H,2,4-5H2,1H3. The fraction of sp³-hybridized carbons (Fsp3) is 0.267. The van der Waals surface area contributed by atoms with Gasteiger partial charge in [0, 0.05) is 16.5 Å². The van der Waals surface area contributed by atoms with E-state index in [1.54, 1.807) is 6.07 Å². The van der Waals surface area contributed by atoms with Crippen LogP contribution in [0.25, 0.3) is 0 Å². The summed E-state index contributed by atoms with van der Waals surface area (Å²) in [6.07, 6.45) is 0.847. The highest BCUT2D eigenvalue weighted by molar-refractivity contribution is 9.10. The van der Waals surface area contributed by atoms with E-state index in [4.69, 9.17) is 9.47 Å². The molecule has 2 aromatic rings. The normalized spacial score (nSPS) is 13.9. The second-order valence-electron chi connectivity index (χ2n) is 4.59. The smallest absolute Gasteiger partial charge is 0.204 e. The van der Waals surface area contributed by atoms with Crippen molar-refractivity contribution in [3.8, 4) is 11.5 Å². The van der Waals surface area contributed by atoms with Gasteiger partial charge in [0.15, 0.2) is 11.5 Å². The lowest BCUT2D eigenvalue weighted by Gasteiger charge is -2.11. The van der Waals surface area contributed by atoms with Gasteiger partial charge in [-0.3, -0.25) is 4.79 Å². The molecule has 0 bridgehead atoms. The van der Waals surface area contributed by atoms with E-state index in [1.165, 1.54) is 11.3 Å². The number of ether oxygens (including phenoxy) is 2. The Morgan fingerprint density at radius 2 is 1.95 bits per heavy atom. The number of hydrogen-bond acceptors (Lipinski definition) is 4. The number of fused-ring (bicyclic) bond motifs is 1. The van der Waals surface area contributed by atoms with E-state index in [0.717, 1.165) is 21.3 Å². The van der Waals surface area contributed by atoms with Crippen molar-refractivity contribution >= 4 is 33.0 Å². The van der Waals surface area contributed by atoms with Gasteiger partial charge in [-0.25, -0.2) is 0 Å². The van der Waals surface area contributed by atoms with Gasteiger partial charge in [0.2, 0.25) is 5.78 Å². The van der Waals surface area contributed by atoms with Crippen molar-refractivity contribution in [2.75, 3.05) is 13.2 Å². The summed E-state index contributed by atoms with van der Waals surface area (Å²) in [5.74, 6) is 1.34. The molecule has 3 nitrogen and oxygen atoms in total. The van der Waals surface area contributed by atoms with Crippen LogP contribution in [-0.2, 0) is 0 Å². The molecule has 1 aliphatic rings. The Bertz CT molecular complexity index is 663. The van der Waals surface area contributed by atoms with E-state index in [0.29, 0.717) is 30.3 Å². The fourth-order valence-electron chi connectivity index (χ4n) is 2.09. The number of benzene rings is 1. The Morgan fingerprint density at radius 1 is 1.25 bits per heavy atom. The molecule has 0 N–H and O–H groups in total. The molecule has 0 saturated heterocycles. The zero-order valence-corrected chi connectivity index (χ0v) is 13.3. The van der Waals surface area contributed by atoms with Gasteiger partial charge in [-0.05, 0) is 52.0 Å². The highest BCUT2D eigenvalue weighted by Gasteiger charge is 2.20. The summed E-state index contributed by atoms with van der Waals surface area (Å²) in [6, 6.07) is 5.54. The van der Waals surface area contributed by atoms with E-state index in [9.17, 15) is 4.79 Å². The number of carbonyl (C=O) groups excluding carboxylic acids is 1. The number of ketones is 1. The number of rotatable bonds is 2. The summed E-state index contributed by atoms with van der Waals surface area (Å²) in [7, 11) is 0. The lowest BCUT2D eigenvalue weighted by atomic mass is 10.1. The first-order valence-corrected chi connectivity index (χ1v) is 8.02. The van der Waals surface area contributed by atoms with Crippen LogP contribution in [0.2, 0.25) is 0 Å². The van der Waals surface area contributed by atoms with Crippen molar-refractivity contribution < 1.29 is 14.3 Å². The molecule has 0 saturated carbocycles. The van der Waals surface area contributed by atoms with Gasteiger partial charge in [0.1, 0.15) is 0 Å². The van der Waals surface area contributed by atoms with Crippen LogP contribution in [0.3, 0.4) is 0 Å². The Labute approximate surface area is 129 Å². The van der Waals surface area contributed by atoms with E-state index in [-0.39, 0.29) is 5.78 Å². The highest BCUT2D eigenvalue weighted by atomic mass is 79.9. The lowest BCUT2D eigenvalue weighted by Crippen LogP contribution is -2.03. The third-order valence-corrected chi connectivity index (χ3v) is 4.82. The second-order valence-corrected chi connectivity index (χ2v) is 6.36. The van der Waals surface area contributed by atoms with Gasteiger partial charge >= 0.3 is 0 Å². The van der Waals surface area contributed by atoms with Crippen LogP contribution < -0.4 is 9.47 Å². The molecule has 0 atom stereocenters. The van der Waals surface area contributed by atoms with Crippen LogP contribution >= 0.6 is 27.3 Å². The lowest BCUT2D eigenvalue weighted by molar-refractivity contribution is 0.104. The molecule has 1 aromatic heterocycles. The minimum absolute atomic E-state index is 0.0139. The van der Waals surface area contributed by atoms with Crippen LogP contribution in [0.4, 0.5) is 0 Å². The van der Waals surface area contributed by atoms with Crippen molar-refractivity contribution in [2.24, 2.45) is 0 Å². The zero-order chi connectivity index (χ0) is 14.1. The Hall–Kier alpha value is -1.33. The molecule has 0 spiro atoms. The molecule has 0 fully saturated rings. The molecule has 2 heterocycles. The van der Waals surface area contributed by atoms with Crippen LogP contribution in [-0.4, -0.2) is 19.0 Å². The molecule has 0 amide bonds. The number of halogens is 1. The molecule has 3 rings (SSSR count). The van der Waals surface area contributed by atoms with Crippen molar-refractivity contribution in [2.45, 2.75) is 13.3 Å². The monoisotopic (exact) mass is 352 g/mol. The SMILES string of the molecule is Cc1ccsc1C(=O)c1cc2c(cc1Br)OCCCO2. The second kappa shape index (κ2) is 5.58. The first kappa shape index (κ1) is 13.6. The third-order valence-electron chi connectivity index (χ3n) is 3.15. The van der Waals surface area contributed by atoms with E-state index in [2.05, 4.69) is 15.9 Å². The number of carbonyl (C=O) groups is 1. The van der Waals surface area contributed by atoms with Crippen LogP contribution in [0.15, 0.2) is 28.1 Å². The molecule has 0 radical (unpaired) electrons. The minimum atomic E-state index is 0.0139. The summed E-state index contributed by atoms with van der Waals surface area (Å²) >= 11 is 4.92. The first-order valence-electron chi connectivity index (χ1n) is 6.35. The van der Waals surface area contributed by atoms with Gasteiger partial charge in [-0.15, -0.1) is 11.3 Å². The largest absolute Gasteiger partial charge is 0.490 e. The van der Waals surface area contributed by atoms with Crippen LogP contribution in [0.1, 0.15) is 27.2 Å². The maximum atomic E-state index is 12.6. The summed E-state index contributed by atoms with van der Waals surface area (Å²) < 4.78 is 12.0. The summed E-state index contributed by atoms with van der Waals surface area (Å²) in [6.45, 7) is 3.19. The van der Waals surface area contributed by atoms with E-state index in [1.807, 2.05) is 24.4 Å². The van der Waals surface area contributed by atoms with Crippen molar-refractivity contribution in [1.29, 1.82) is 0 Å². The molecule has 0 aliphatic carbocycles. The molecule has 104 valence electrons. The van der Waals surface area contributed by atoms with E-state index >= 15 is 0 Å². The van der Waals surface area contributed by atoms with Gasteiger partial charge in [-0.2, -0.15) is 0 Å². The molecule has 20 heavy (non-hydrogen) atoms. The summed E-state index contributed by atoms with van der Waals surface area (Å²) in [4.78, 5) is 13.4. The maximum Gasteiger partial charge on any atom is 0.204 e. The Balaban J connectivity index is 2.04. The highest BCUT2D eigenvalue weighted by Crippen LogP contribution is 2.36. The predicted octanol–water partition coefficient (Wildman–Crippen LogP) is 4.21. The van der Waals surface area contributed by atoms with Crippen molar-refractivity contribution in [3.05, 3.63) is 44.1 Å². The summed E-state index contributed by atoms with van der Waals surface area (Å²) in [5.41, 5.74) is 1.61. The zero-order valence-electron chi connectivity index (χ0n) is 10.9. The number of aryl methyl sites for hydroxylation is 1. The van der Waals surface area contributed by atoms with Gasteiger partial charge in [0.25, 0.3) is 0 Å².